The summed E-state index contributed by atoms with van der Waals surface area (Å²) in [6, 6.07) is 6.34. The number of likely N-dealkylation sites (N-methyl/N-ethyl adjacent to an activating group) is 1. The van der Waals surface area contributed by atoms with Gasteiger partial charge in [-0.2, -0.15) is 0 Å². The van der Waals surface area contributed by atoms with Gasteiger partial charge in [0.25, 0.3) is 6.02 Å². The topological polar surface area (TPSA) is 46.5 Å². The first-order valence-electron chi connectivity index (χ1n) is 8.78. The number of likely N-dealkylation sites (tertiary alicyclic amines) is 1. The van der Waals surface area contributed by atoms with Crippen LogP contribution in [-0.2, 0) is 4.74 Å². The quantitative estimate of drug-likeness (QED) is 0.819. The van der Waals surface area contributed by atoms with Crippen molar-refractivity contribution < 1.29 is 9.13 Å². The van der Waals surface area contributed by atoms with Crippen LogP contribution in [0.4, 0.5) is 5.13 Å². The van der Waals surface area contributed by atoms with Gasteiger partial charge in [0, 0.05) is 24.4 Å². The molecule has 0 bridgehead atoms. The lowest BCUT2D eigenvalue weighted by Gasteiger charge is -2.48. The molecule has 1 N–H and O–H groups in total. The van der Waals surface area contributed by atoms with Gasteiger partial charge < -0.3 is 9.13 Å². The maximum atomic E-state index is 6.42. The van der Waals surface area contributed by atoms with Crippen LogP contribution in [0.25, 0.3) is 10.2 Å². The number of hydrogen-bond acceptors (Lipinski definition) is 5. The molecule has 1 aromatic heterocycles. The van der Waals surface area contributed by atoms with Crippen molar-refractivity contribution in [2.24, 2.45) is 10.9 Å². The van der Waals surface area contributed by atoms with Crippen molar-refractivity contribution in [1.82, 2.24) is 4.98 Å². The SMILES string of the molecule is B[N+]1(C)CCC(CC)C2(CN=C(Nc3nc4ccc(Cl)cc4s3)O2)C1. The summed E-state index contributed by atoms with van der Waals surface area (Å²) >= 11 is 7.63. The predicted octanol–water partition coefficient (Wildman–Crippen LogP) is 2.91. The van der Waals surface area contributed by atoms with Crippen LogP contribution < -0.4 is 5.32 Å². The molecule has 1 saturated heterocycles. The fourth-order valence-corrected chi connectivity index (χ4v) is 5.27. The maximum absolute atomic E-state index is 6.42. The van der Waals surface area contributed by atoms with Crippen LogP contribution >= 0.6 is 22.9 Å². The molecule has 1 aromatic carbocycles. The Morgan fingerprint density at radius 1 is 1.52 bits per heavy atom. The van der Waals surface area contributed by atoms with Gasteiger partial charge in [0.15, 0.2) is 10.7 Å². The molecule has 25 heavy (non-hydrogen) atoms. The molecule has 2 aliphatic heterocycles. The molecule has 3 heterocycles. The number of benzene rings is 1. The molecule has 8 heteroatoms. The number of aromatic nitrogens is 1. The van der Waals surface area contributed by atoms with E-state index in [1.54, 1.807) is 11.3 Å². The van der Waals surface area contributed by atoms with E-state index in [9.17, 15) is 0 Å². The number of anilines is 1. The lowest BCUT2D eigenvalue weighted by Crippen LogP contribution is -2.62. The van der Waals surface area contributed by atoms with E-state index in [-0.39, 0.29) is 5.60 Å². The molecule has 1 fully saturated rings. The van der Waals surface area contributed by atoms with Crippen molar-refractivity contribution in [1.29, 1.82) is 0 Å². The fraction of sp³-hybridized carbons (Fsp3) is 0.529. The molecule has 4 rings (SSSR count). The van der Waals surface area contributed by atoms with Gasteiger partial charge >= 0.3 is 7.98 Å². The molecule has 0 aliphatic carbocycles. The zero-order valence-electron chi connectivity index (χ0n) is 14.9. The van der Waals surface area contributed by atoms with Crippen molar-refractivity contribution in [3.8, 4) is 0 Å². The Bertz CT molecular complexity index is 839. The zero-order chi connectivity index (χ0) is 17.7. The van der Waals surface area contributed by atoms with Crippen molar-refractivity contribution in [3.05, 3.63) is 23.2 Å². The van der Waals surface area contributed by atoms with E-state index in [0.717, 1.165) is 44.3 Å². The van der Waals surface area contributed by atoms with Gasteiger partial charge in [-0.1, -0.05) is 29.9 Å². The highest BCUT2D eigenvalue weighted by Crippen LogP contribution is 2.38. The molecule has 132 valence electrons. The Morgan fingerprint density at radius 2 is 2.36 bits per heavy atom. The van der Waals surface area contributed by atoms with E-state index in [2.05, 4.69) is 37.2 Å². The number of aliphatic imine (C=N–C) groups is 1. The predicted molar refractivity (Wildman–Crippen MR) is 107 cm³/mol. The van der Waals surface area contributed by atoms with Crippen LogP contribution in [0, 0.1) is 5.92 Å². The number of quaternary nitrogens is 1. The molecular formula is C17H23BClN4OS+. The molecular weight excluding hydrogens is 355 g/mol. The van der Waals surface area contributed by atoms with Gasteiger partial charge in [-0.05, 0) is 24.6 Å². The van der Waals surface area contributed by atoms with E-state index < -0.39 is 0 Å². The van der Waals surface area contributed by atoms with E-state index >= 15 is 0 Å². The number of piperidine rings is 1. The third-order valence-electron chi connectivity index (χ3n) is 5.37. The van der Waals surface area contributed by atoms with Crippen molar-refractivity contribution >= 4 is 52.3 Å². The molecule has 2 aliphatic rings. The van der Waals surface area contributed by atoms with Gasteiger partial charge in [0.05, 0.1) is 23.3 Å². The number of rotatable bonds is 2. The zero-order valence-corrected chi connectivity index (χ0v) is 16.5. The lowest BCUT2D eigenvalue weighted by molar-refractivity contribution is -0.812. The molecule has 0 saturated carbocycles. The molecule has 0 radical (unpaired) electrons. The highest BCUT2D eigenvalue weighted by molar-refractivity contribution is 7.22. The van der Waals surface area contributed by atoms with Gasteiger partial charge in [-0.15, -0.1) is 0 Å². The number of fused-ring (bicyclic) bond motifs is 1. The fourth-order valence-electron chi connectivity index (χ4n) is 4.14. The number of thiazole rings is 1. The highest BCUT2D eigenvalue weighted by Gasteiger charge is 2.52. The first-order valence-corrected chi connectivity index (χ1v) is 9.97. The van der Waals surface area contributed by atoms with Crippen LogP contribution in [-0.4, -0.2) is 55.7 Å². The number of nitrogens with zero attached hydrogens (tertiary/aromatic N) is 3. The van der Waals surface area contributed by atoms with E-state index in [0.29, 0.717) is 11.9 Å². The summed E-state index contributed by atoms with van der Waals surface area (Å²) in [4.78, 5) is 9.28. The Kier molecular flexibility index (Phi) is 4.21. The number of halogens is 1. The summed E-state index contributed by atoms with van der Waals surface area (Å²) in [5.74, 6) is 0.552. The second-order valence-electron chi connectivity index (χ2n) is 7.76. The molecule has 5 nitrogen and oxygen atoms in total. The summed E-state index contributed by atoms with van der Waals surface area (Å²) in [7, 11) is 4.55. The Balaban J connectivity index is 1.52. The van der Waals surface area contributed by atoms with Gasteiger partial charge in [-0.3, -0.25) is 5.32 Å². The second-order valence-corrected chi connectivity index (χ2v) is 9.22. The monoisotopic (exact) mass is 377 g/mol. The average molecular weight is 378 g/mol. The molecule has 3 unspecified atom stereocenters. The van der Waals surface area contributed by atoms with Crippen LogP contribution in [0.15, 0.2) is 23.2 Å². The third-order valence-corrected chi connectivity index (χ3v) is 6.54. The standard InChI is InChI=1S/C17H23BClN4OS/c1-3-11-6-7-23(2,18)10-17(11)9-20-15(24-17)22-16-21-13-5-4-12(19)8-14(13)25-16/h4-5,8,11H,3,6-7,9-10,18H2,1-2H3,(H,20,21,22)/q+1. The minimum absolute atomic E-state index is 0.182. The summed E-state index contributed by atoms with van der Waals surface area (Å²) in [6.45, 7) is 5.18. The minimum atomic E-state index is -0.182. The number of nitrogens with one attached hydrogen (secondary N) is 1. The molecule has 3 atom stereocenters. The lowest BCUT2D eigenvalue weighted by atomic mass is 9.77. The minimum Gasteiger partial charge on any atom is -0.450 e. The number of hydrogen-bond donors (Lipinski definition) is 1. The maximum Gasteiger partial charge on any atom is 0.372 e. The van der Waals surface area contributed by atoms with Gasteiger partial charge in [0.2, 0.25) is 0 Å². The van der Waals surface area contributed by atoms with Crippen LogP contribution in [0.2, 0.25) is 5.02 Å². The highest BCUT2D eigenvalue weighted by atomic mass is 35.5. The summed E-state index contributed by atoms with van der Waals surface area (Å²) in [5, 5.41) is 4.80. The van der Waals surface area contributed by atoms with Crippen molar-refractivity contribution in [3.63, 3.8) is 0 Å². The largest absolute Gasteiger partial charge is 0.450 e. The Labute approximate surface area is 158 Å². The first-order chi connectivity index (χ1) is 11.9. The van der Waals surface area contributed by atoms with Crippen molar-refractivity contribution in [2.75, 3.05) is 32.0 Å². The molecule has 2 aromatic rings. The molecule has 0 amide bonds. The Morgan fingerprint density at radius 3 is 3.16 bits per heavy atom. The smallest absolute Gasteiger partial charge is 0.372 e. The summed E-state index contributed by atoms with van der Waals surface area (Å²) in [6.07, 6.45) is 2.31. The van der Waals surface area contributed by atoms with E-state index in [4.69, 9.17) is 16.3 Å². The normalized spacial score (nSPS) is 32.0. The Hall–Kier alpha value is -1.31. The average Bonchev–Trinajstić information content (AvgIpc) is 3.10. The van der Waals surface area contributed by atoms with E-state index in [1.165, 1.54) is 13.0 Å². The van der Waals surface area contributed by atoms with Gasteiger partial charge in [0.1, 0.15) is 6.54 Å². The number of amidine groups is 1. The van der Waals surface area contributed by atoms with Crippen LogP contribution in [0.5, 0.6) is 0 Å². The van der Waals surface area contributed by atoms with Crippen LogP contribution in [0.1, 0.15) is 19.8 Å². The third kappa shape index (κ3) is 3.25. The van der Waals surface area contributed by atoms with E-state index in [1.807, 2.05) is 18.2 Å². The van der Waals surface area contributed by atoms with Crippen molar-refractivity contribution in [2.45, 2.75) is 25.4 Å². The second kappa shape index (κ2) is 6.14. The summed E-state index contributed by atoms with van der Waals surface area (Å²) in [5.41, 5.74) is 0.755. The number of ether oxygens (including phenoxy) is 1. The van der Waals surface area contributed by atoms with Crippen LogP contribution in [0.3, 0.4) is 0 Å². The van der Waals surface area contributed by atoms with Gasteiger partial charge in [-0.25, -0.2) is 9.98 Å². The first kappa shape index (κ1) is 17.1. The molecule has 1 spiro atoms. The summed E-state index contributed by atoms with van der Waals surface area (Å²) < 4.78 is 8.46.